The molecular formula is C34H52N2O2. The molecule has 0 amide bonds. The van der Waals surface area contributed by atoms with Crippen LogP contribution in [0.1, 0.15) is 118 Å². The summed E-state index contributed by atoms with van der Waals surface area (Å²) in [5.74, 6) is 1.83. The van der Waals surface area contributed by atoms with Crippen LogP contribution < -0.4 is 9.47 Å². The highest BCUT2D eigenvalue weighted by Crippen LogP contribution is 2.22. The first kappa shape index (κ1) is 31.6. The third-order valence-corrected chi connectivity index (χ3v) is 6.74. The van der Waals surface area contributed by atoms with Crippen LogP contribution in [0.3, 0.4) is 0 Å². The van der Waals surface area contributed by atoms with Crippen molar-refractivity contribution in [1.29, 1.82) is 0 Å². The molecule has 0 saturated heterocycles. The first-order valence-electron chi connectivity index (χ1n) is 15.3. The molecule has 0 aliphatic rings. The molecule has 0 fully saturated rings. The van der Waals surface area contributed by atoms with Gasteiger partial charge in [-0.2, -0.15) is 0 Å². The first-order chi connectivity index (χ1) is 18.7. The van der Waals surface area contributed by atoms with Crippen LogP contribution in [-0.2, 0) is 0 Å². The quantitative estimate of drug-likeness (QED) is 0.121. The van der Waals surface area contributed by atoms with Gasteiger partial charge >= 0.3 is 0 Å². The zero-order chi connectivity index (χ0) is 27.3. The summed E-state index contributed by atoms with van der Waals surface area (Å²) in [6.45, 7) is 10.3. The van der Waals surface area contributed by atoms with Gasteiger partial charge in [0.1, 0.15) is 11.5 Å². The molecule has 0 aliphatic carbocycles. The fourth-order valence-electron chi connectivity index (χ4n) is 4.39. The average Bonchev–Trinajstić information content (AvgIpc) is 2.95. The molecule has 0 bridgehead atoms. The summed E-state index contributed by atoms with van der Waals surface area (Å²) in [7, 11) is 0. The van der Waals surface area contributed by atoms with Crippen LogP contribution in [-0.4, -0.2) is 24.6 Å². The van der Waals surface area contributed by atoms with Crippen LogP contribution in [0.2, 0.25) is 0 Å². The number of benzene rings is 2. The summed E-state index contributed by atoms with van der Waals surface area (Å²) >= 11 is 0. The first-order valence-corrected chi connectivity index (χ1v) is 15.3. The Balaban J connectivity index is 1.87. The van der Waals surface area contributed by atoms with E-state index in [1.54, 1.807) is 0 Å². The molecule has 0 aromatic heterocycles. The van der Waals surface area contributed by atoms with Crippen LogP contribution >= 0.6 is 0 Å². The minimum atomic E-state index is 0.782. The Morgan fingerprint density at radius 1 is 0.474 bits per heavy atom. The second-order valence-electron chi connectivity index (χ2n) is 10.0. The van der Waals surface area contributed by atoms with Gasteiger partial charge < -0.3 is 9.47 Å². The molecule has 210 valence electrons. The molecule has 0 radical (unpaired) electrons. The van der Waals surface area contributed by atoms with E-state index in [0.29, 0.717) is 0 Å². The molecule has 0 unspecified atom stereocenters. The van der Waals surface area contributed by atoms with E-state index in [2.05, 4.69) is 27.7 Å². The SMILES string of the molecule is CCCCCCCCOc1ccc(N=C(CC)C(CC)=Nc2ccc(OCCCCCCCC)cc2)cc1. The number of unbranched alkanes of at least 4 members (excludes halogenated alkanes) is 10. The van der Waals surface area contributed by atoms with Crippen LogP contribution in [0.5, 0.6) is 11.5 Å². The molecule has 0 spiro atoms. The van der Waals surface area contributed by atoms with Gasteiger partial charge in [-0.05, 0) is 74.2 Å². The fraction of sp³-hybridized carbons (Fsp3) is 0.588. The van der Waals surface area contributed by atoms with Crippen molar-refractivity contribution in [2.24, 2.45) is 9.98 Å². The smallest absolute Gasteiger partial charge is 0.119 e. The second kappa shape index (κ2) is 20.4. The fourth-order valence-corrected chi connectivity index (χ4v) is 4.39. The van der Waals surface area contributed by atoms with Crippen molar-refractivity contribution in [3.63, 3.8) is 0 Å². The molecule has 0 N–H and O–H groups in total. The van der Waals surface area contributed by atoms with E-state index in [4.69, 9.17) is 19.5 Å². The predicted octanol–water partition coefficient (Wildman–Crippen LogP) is 10.8. The van der Waals surface area contributed by atoms with Crippen molar-refractivity contribution < 1.29 is 9.47 Å². The Hall–Kier alpha value is -2.62. The minimum absolute atomic E-state index is 0.782. The third-order valence-electron chi connectivity index (χ3n) is 6.74. The number of nitrogens with zero attached hydrogens (tertiary/aromatic N) is 2. The summed E-state index contributed by atoms with van der Waals surface area (Å²) < 4.78 is 11.8. The number of aliphatic imine (C=N–C) groups is 2. The number of hydrogen-bond donors (Lipinski definition) is 0. The molecule has 4 nitrogen and oxygen atoms in total. The molecular weight excluding hydrogens is 468 g/mol. The Bertz CT molecular complexity index is 839. The molecule has 0 heterocycles. The third kappa shape index (κ3) is 13.3. The summed E-state index contributed by atoms with van der Waals surface area (Å²) in [5.41, 5.74) is 3.93. The highest BCUT2D eigenvalue weighted by Gasteiger charge is 2.07. The van der Waals surface area contributed by atoms with Crippen LogP contribution in [0.15, 0.2) is 58.5 Å². The van der Waals surface area contributed by atoms with Gasteiger partial charge in [-0.25, -0.2) is 0 Å². The molecule has 2 aromatic rings. The normalized spacial score (nSPS) is 12.1. The largest absolute Gasteiger partial charge is 0.494 e. The van der Waals surface area contributed by atoms with Crippen molar-refractivity contribution >= 4 is 22.8 Å². The summed E-state index contributed by atoms with van der Waals surface area (Å²) in [5, 5.41) is 0. The zero-order valence-electron chi connectivity index (χ0n) is 24.6. The average molecular weight is 521 g/mol. The topological polar surface area (TPSA) is 43.2 Å². The lowest BCUT2D eigenvalue weighted by molar-refractivity contribution is 0.304. The van der Waals surface area contributed by atoms with Crippen LogP contribution in [0, 0.1) is 0 Å². The molecule has 0 aliphatic heterocycles. The van der Waals surface area contributed by atoms with Gasteiger partial charge in [0.05, 0.1) is 36.0 Å². The van der Waals surface area contributed by atoms with Crippen molar-refractivity contribution in [3.8, 4) is 11.5 Å². The number of hydrogen-bond acceptors (Lipinski definition) is 4. The predicted molar refractivity (Wildman–Crippen MR) is 165 cm³/mol. The molecule has 0 saturated carbocycles. The second-order valence-corrected chi connectivity index (χ2v) is 10.0. The van der Waals surface area contributed by atoms with Gasteiger partial charge in [0.2, 0.25) is 0 Å². The molecule has 4 heteroatoms. The summed E-state index contributed by atoms with van der Waals surface area (Å²) in [6, 6.07) is 16.2. The van der Waals surface area contributed by atoms with Crippen molar-refractivity contribution in [2.75, 3.05) is 13.2 Å². The van der Waals surface area contributed by atoms with E-state index in [1.807, 2.05) is 48.5 Å². The molecule has 38 heavy (non-hydrogen) atoms. The molecule has 0 atom stereocenters. The van der Waals surface area contributed by atoms with E-state index >= 15 is 0 Å². The Kier molecular flexibility index (Phi) is 16.9. The van der Waals surface area contributed by atoms with E-state index in [0.717, 1.165) is 73.2 Å². The highest BCUT2D eigenvalue weighted by atomic mass is 16.5. The highest BCUT2D eigenvalue weighted by molar-refractivity contribution is 6.43. The number of ether oxygens (including phenoxy) is 2. The van der Waals surface area contributed by atoms with Gasteiger partial charge in [-0.1, -0.05) is 91.9 Å². The maximum absolute atomic E-state index is 5.92. The Morgan fingerprint density at radius 2 is 0.816 bits per heavy atom. The molecule has 2 aromatic carbocycles. The maximum Gasteiger partial charge on any atom is 0.119 e. The van der Waals surface area contributed by atoms with E-state index in [9.17, 15) is 0 Å². The van der Waals surface area contributed by atoms with E-state index in [1.165, 1.54) is 64.2 Å². The van der Waals surface area contributed by atoms with Crippen molar-refractivity contribution in [3.05, 3.63) is 48.5 Å². The standard InChI is InChI=1S/C34H52N2O2/c1-5-9-11-13-15-17-27-37-31-23-19-29(20-24-31)35-33(7-3)34(8-4)36-30-21-25-32(26-22-30)38-28-18-16-14-12-10-6-2/h19-26H,5-18,27-28H2,1-4H3. The Labute approximate surface area is 233 Å². The van der Waals surface area contributed by atoms with Gasteiger partial charge in [0, 0.05) is 0 Å². The monoisotopic (exact) mass is 520 g/mol. The Morgan fingerprint density at radius 3 is 1.16 bits per heavy atom. The minimum Gasteiger partial charge on any atom is -0.494 e. The summed E-state index contributed by atoms with van der Waals surface area (Å²) in [6.07, 6.45) is 17.0. The van der Waals surface area contributed by atoms with Crippen molar-refractivity contribution in [1.82, 2.24) is 0 Å². The lowest BCUT2D eigenvalue weighted by Crippen LogP contribution is -2.11. The number of rotatable bonds is 21. The van der Waals surface area contributed by atoms with Crippen LogP contribution in [0.25, 0.3) is 0 Å². The zero-order valence-corrected chi connectivity index (χ0v) is 24.6. The lowest BCUT2D eigenvalue weighted by atomic mass is 10.1. The molecule has 2 rings (SSSR count). The lowest BCUT2D eigenvalue weighted by Gasteiger charge is -2.09. The van der Waals surface area contributed by atoms with E-state index in [-0.39, 0.29) is 0 Å². The van der Waals surface area contributed by atoms with Gasteiger partial charge in [-0.15, -0.1) is 0 Å². The maximum atomic E-state index is 5.92. The van der Waals surface area contributed by atoms with E-state index < -0.39 is 0 Å². The van der Waals surface area contributed by atoms with Crippen molar-refractivity contribution in [2.45, 2.75) is 118 Å². The summed E-state index contributed by atoms with van der Waals surface area (Å²) in [4.78, 5) is 9.85. The van der Waals surface area contributed by atoms with Gasteiger partial charge in [0.15, 0.2) is 0 Å². The van der Waals surface area contributed by atoms with Crippen LogP contribution in [0.4, 0.5) is 11.4 Å². The van der Waals surface area contributed by atoms with Gasteiger partial charge in [0.25, 0.3) is 0 Å². The van der Waals surface area contributed by atoms with Gasteiger partial charge in [-0.3, -0.25) is 9.98 Å².